The van der Waals surface area contributed by atoms with Crippen molar-refractivity contribution in [2.24, 2.45) is 0 Å². The zero-order valence-corrected chi connectivity index (χ0v) is 15.0. The summed E-state index contributed by atoms with van der Waals surface area (Å²) in [5.74, 6) is 0.137. The van der Waals surface area contributed by atoms with Crippen molar-refractivity contribution < 1.29 is 4.79 Å². The maximum atomic E-state index is 12.1. The molecule has 0 saturated carbocycles. The van der Waals surface area contributed by atoms with Gasteiger partial charge in [0.1, 0.15) is 6.33 Å². The third kappa shape index (κ3) is 4.49. The number of aryl methyl sites for hydroxylation is 1. The van der Waals surface area contributed by atoms with E-state index in [9.17, 15) is 4.79 Å². The van der Waals surface area contributed by atoms with Gasteiger partial charge in [0.15, 0.2) is 5.16 Å². The number of thioether (sulfide) groups is 1. The molecule has 0 bridgehead atoms. The van der Waals surface area contributed by atoms with Crippen LogP contribution in [0.25, 0.3) is 5.69 Å². The van der Waals surface area contributed by atoms with Crippen molar-refractivity contribution in [2.75, 3.05) is 5.75 Å². The molecule has 3 rings (SSSR count). The van der Waals surface area contributed by atoms with E-state index >= 15 is 0 Å². The summed E-state index contributed by atoms with van der Waals surface area (Å²) < 4.78 is 1.85. The van der Waals surface area contributed by atoms with Crippen LogP contribution in [0.5, 0.6) is 0 Å². The fourth-order valence-electron chi connectivity index (χ4n) is 2.34. The Hall–Kier alpha value is -3.11. The summed E-state index contributed by atoms with van der Waals surface area (Å²) in [7, 11) is 0. The molecule has 26 heavy (non-hydrogen) atoms. The minimum atomic E-state index is -0.101. The van der Waals surface area contributed by atoms with Gasteiger partial charge in [0.25, 0.3) is 0 Å². The van der Waals surface area contributed by atoms with Crippen LogP contribution in [0, 0.1) is 18.3 Å². The quantitative estimate of drug-likeness (QED) is 0.681. The van der Waals surface area contributed by atoms with Crippen molar-refractivity contribution >= 4 is 17.7 Å². The van der Waals surface area contributed by atoms with E-state index in [1.165, 1.54) is 17.3 Å². The number of benzene rings is 2. The van der Waals surface area contributed by atoms with Crippen molar-refractivity contribution in [1.29, 1.82) is 5.26 Å². The van der Waals surface area contributed by atoms with Gasteiger partial charge in [-0.2, -0.15) is 5.26 Å². The van der Waals surface area contributed by atoms with Gasteiger partial charge in [-0.25, -0.2) is 0 Å². The molecular weight excluding hydrogens is 346 g/mol. The molecule has 0 atom stereocenters. The molecule has 0 spiro atoms. The Balaban J connectivity index is 1.56. The van der Waals surface area contributed by atoms with Gasteiger partial charge in [-0.15, -0.1) is 10.2 Å². The SMILES string of the molecule is Cc1ccc(-n2cnnc2SCC(=O)NCc2cccc(C#N)c2)cc1. The van der Waals surface area contributed by atoms with Crippen molar-refractivity contribution in [3.63, 3.8) is 0 Å². The van der Waals surface area contributed by atoms with Gasteiger partial charge in [-0.1, -0.05) is 41.6 Å². The van der Waals surface area contributed by atoms with Crippen molar-refractivity contribution in [3.05, 3.63) is 71.5 Å². The number of hydrogen-bond donors (Lipinski definition) is 1. The second kappa shape index (κ2) is 8.32. The second-order valence-electron chi connectivity index (χ2n) is 5.70. The molecule has 1 aromatic heterocycles. The Labute approximate surface area is 155 Å². The molecule has 0 radical (unpaired) electrons. The van der Waals surface area contributed by atoms with Crippen LogP contribution in [-0.2, 0) is 11.3 Å². The first-order chi connectivity index (χ1) is 12.7. The molecule has 7 heteroatoms. The molecule has 1 heterocycles. The lowest BCUT2D eigenvalue weighted by atomic mass is 10.1. The van der Waals surface area contributed by atoms with Crippen LogP contribution in [0.3, 0.4) is 0 Å². The Kier molecular flexibility index (Phi) is 5.66. The van der Waals surface area contributed by atoms with Crippen LogP contribution >= 0.6 is 11.8 Å². The highest BCUT2D eigenvalue weighted by Gasteiger charge is 2.10. The van der Waals surface area contributed by atoms with Crippen molar-refractivity contribution in [2.45, 2.75) is 18.6 Å². The van der Waals surface area contributed by atoms with Gasteiger partial charge < -0.3 is 5.32 Å². The lowest BCUT2D eigenvalue weighted by molar-refractivity contribution is -0.118. The number of nitriles is 1. The third-order valence-electron chi connectivity index (χ3n) is 3.71. The minimum absolute atomic E-state index is 0.101. The highest BCUT2D eigenvalue weighted by molar-refractivity contribution is 7.99. The van der Waals surface area contributed by atoms with E-state index in [4.69, 9.17) is 5.26 Å². The summed E-state index contributed by atoms with van der Waals surface area (Å²) >= 11 is 1.33. The van der Waals surface area contributed by atoms with Crippen LogP contribution in [0.15, 0.2) is 60.0 Å². The highest BCUT2D eigenvalue weighted by atomic mass is 32.2. The molecule has 0 saturated heterocycles. The third-order valence-corrected chi connectivity index (χ3v) is 4.65. The molecular formula is C19H17N5OS. The molecule has 1 N–H and O–H groups in total. The molecule has 6 nitrogen and oxygen atoms in total. The number of rotatable bonds is 6. The molecule has 3 aromatic rings. The Bertz CT molecular complexity index is 943. The Morgan fingerprint density at radius 2 is 2.08 bits per heavy atom. The molecule has 0 aliphatic rings. The molecule has 1 amide bonds. The molecule has 0 aliphatic heterocycles. The van der Waals surface area contributed by atoms with Gasteiger partial charge in [0.05, 0.1) is 17.4 Å². The predicted molar refractivity (Wildman–Crippen MR) is 99.8 cm³/mol. The predicted octanol–water partition coefficient (Wildman–Crippen LogP) is 2.86. The first-order valence-corrected chi connectivity index (χ1v) is 9.00. The van der Waals surface area contributed by atoms with Crippen LogP contribution in [0.2, 0.25) is 0 Å². The molecule has 0 fully saturated rings. The minimum Gasteiger partial charge on any atom is -0.351 e. The average Bonchev–Trinajstić information content (AvgIpc) is 3.14. The number of carbonyl (C=O) groups excluding carboxylic acids is 1. The second-order valence-corrected chi connectivity index (χ2v) is 6.64. The van der Waals surface area contributed by atoms with Gasteiger partial charge in [-0.05, 0) is 36.8 Å². The molecule has 0 unspecified atom stereocenters. The van der Waals surface area contributed by atoms with Crippen LogP contribution in [-0.4, -0.2) is 26.4 Å². The fraction of sp³-hybridized carbons (Fsp3) is 0.158. The number of hydrogen-bond acceptors (Lipinski definition) is 5. The van der Waals surface area contributed by atoms with Crippen molar-refractivity contribution in [1.82, 2.24) is 20.1 Å². The van der Waals surface area contributed by atoms with Crippen LogP contribution in [0.1, 0.15) is 16.7 Å². The van der Waals surface area contributed by atoms with Crippen LogP contribution in [0.4, 0.5) is 0 Å². The Morgan fingerprint density at radius 3 is 2.85 bits per heavy atom. The zero-order valence-electron chi connectivity index (χ0n) is 14.2. The zero-order chi connectivity index (χ0) is 18.4. The van der Waals surface area contributed by atoms with Gasteiger partial charge in [0.2, 0.25) is 5.91 Å². The fourth-order valence-corrected chi connectivity index (χ4v) is 3.10. The number of aromatic nitrogens is 3. The van der Waals surface area contributed by atoms with Gasteiger partial charge >= 0.3 is 0 Å². The lowest BCUT2D eigenvalue weighted by Crippen LogP contribution is -2.24. The average molecular weight is 363 g/mol. The first kappa shape index (κ1) is 17.7. The van der Waals surface area contributed by atoms with E-state index in [-0.39, 0.29) is 11.7 Å². The molecule has 2 aromatic carbocycles. The maximum Gasteiger partial charge on any atom is 0.230 e. The van der Waals surface area contributed by atoms with Crippen LogP contribution < -0.4 is 5.32 Å². The number of amides is 1. The number of nitrogens with one attached hydrogen (secondary N) is 1. The molecule has 130 valence electrons. The summed E-state index contributed by atoms with van der Waals surface area (Å²) in [5, 5.41) is 20.5. The highest BCUT2D eigenvalue weighted by Crippen LogP contribution is 2.19. The van der Waals surface area contributed by atoms with E-state index in [2.05, 4.69) is 21.6 Å². The topological polar surface area (TPSA) is 83.6 Å². The van der Waals surface area contributed by atoms with E-state index in [1.807, 2.05) is 41.8 Å². The number of nitrogens with zero attached hydrogens (tertiary/aromatic N) is 4. The summed E-state index contributed by atoms with van der Waals surface area (Å²) in [6.45, 7) is 2.42. The van der Waals surface area contributed by atoms with E-state index in [0.29, 0.717) is 17.3 Å². The van der Waals surface area contributed by atoms with E-state index < -0.39 is 0 Å². The van der Waals surface area contributed by atoms with E-state index in [1.54, 1.807) is 24.5 Å². The normalized spacial score (nSPS) is 10.3. The summed E-state index contributed by atoms with van der Waals surface area (Å²) in [6.07, 6.45) is 1.64. The van der Waals surface area contributed by atoms with Crippen molar-refractivity contribution in [3.8, 4) is 11.8 Å². The summed E-state index contributed by atoms with van der Waals surface area (Å²) in [5.41, 5.74) is 3.61. The summed E-state index contributed by atoms with van der Waals surface area (Å²) in [4.78, 5) is 12.1. The Morgan fingerprint density at radius 1 is 1.27 bits per heavy atom. The van der Waals surface area contributed by atoms with Gasteiger partial charge in [-0.3, -0.25) is 9.36 Å². The van der Waals surface area contributed by atoms with Gasteiger partial charge in [0, 0.05) is 12.2 Å². The first-order valence-electron chi connectivity index (χ1n) is 8.01. The summed E-state index contributed by atoms with van der Waals surface area (Å²) in [6, 6.07) is 17.3. The monoisotopic (exact) mass is 363 g/mol. The lowest BCUT2D eigenvalue weighted by Gasteiger charge is -2.07. The largest absolute Gasteiger partial charge is 0.351 e. The molecule has 0 aliphatic carbocycles. The smallest absolute Gasteiger partial charge is 0.230 e. The standard InChI is InChI=1S/C19H17N5OS/c1-14-5-7-17(8-6-14)24-13-22-23-19(24)26-12-18(25)21-11-16-4-2-3-15(9-16)10-20/h2-9,13H,11-12H2,1H3,(H,21,25). The number of carbonyl (C=O) groups is 1. The maximum absolute atomic E-state index is 12.1. The van der Waals surface area contributed by atoms with E-state index in [0.717, 1.165) is 11.3 Å².